The lowest BCUT2D eigenvalue weighted by Crippen LogP contribution is -2.17. The zero-order valence-corrected chi connectivity index (χ0v) is 11.9. The summed E-state index contributed by atoms with van der Waals surface area (Å²) in [7, 11) is 0. The molecule has 6 heteroatoms. The summed E-state index contributed by atoms with van der Waals surface area (Å²) in [6.07, 6.45) is 0.287. The quantitative estimate of drug-likeness (QED) is 0.668. The second kappa shape index (κ2) is 5.33. The van der Waals surface area contributed by atoms with Gasteiger partial charge in [0.25, 0.3) is 0 Å². The molecule has 1 aromatic heterocycles. The van der Waals surface area contributed by atoms with E-state index in [0.717, 1.165) is 48.8 Å². The standard InChI is InChI=1S/C12H12BrF3OS/c13-9-8(12(14,15)16)6-18-11(9)10(17)7-4-2-1-3-5-7/h6-7H,1-5H2. The predicted octanol–water partition coefficient (Wildman–Crippen LogP) is 5.29. The van der Waals surface area contributed by atoms with Gasteiger partial charge in [0.2, 0.25) is 0 Å². The summed E-state index contributed by atoms with van der Waals surface area (Å²) >= 11 is 3.81. The normalized spacial score (nSPS) is 18.0. The van der Waals surface area contributed by atoms with E-state index in [-0.39, 0.29) is 21.1 Å². The highest BCUT2D eigenvalue weighted by atomic mass is 79.9. The van der Waals surface area contributed by atoms with Crippen molar-refractivity contribution < 1.29 is 18.0 Å². The molecule has 0 saturated heterocycles. The Labute approximate surface area is 116 Å². The molecule has 0 amide bonds. The molecule has 1 aliphatic carbocycles. The van der Waals surface area contributed by atoms with E-state index < -0.39 is 11.7 Å². The Bertz CT molecular complexity index is 447. The number of thiophene rings is 1. The van der Waals surface area contributed by atoms with Crippen molar-refractivity contribution in [3.8, 4) is 0 Å². The summed E-state index contributed by atoms with van der Waals surface area (Å²) in [6.45, 7) is 0. The molecule has 1 saturated carbocycles. The van der Waals surface area contributed by atoms with E-state index in [1.54, 1.807) is 0 Å². The smallest absolute Gasteiger partial charge is 0.293 e. The van der Waals surface area contributed by atoms with E-state index in [1.165, 1.54) is 0 Å². The maximum atomic E-state index is 12.6. The molecule has 1 nitrogen and oxygen atoms in total. The molecule has 1 aromatic rings. The Morgan fingerprint density at radius 3 is 2.39 bits per heavy atom. The summed E-state index contributed by atoms with van der Waals surface area (Å²) in [5.74, 6) is -0.239. The van der Waals surface area contributed by atoms with E-state index in [1.807, 2.05) is 0 Å². The molecule has 0 aromatic carbocycles. The lowest BCUT2D eigenvalue weighted by molar-refractivity contribution is -0.137. The van der Waals surface area contributed by atoms with Crippen LogP contribution in [0.2, 0.25) is 0 Å². The minimum absolute atomic E-state index is 0.0874. The van der Waals surface area contributed by atoms with Crippen molar-refractivity contribution in [1.29, 1.82) is 0 Å². The van der Waals surface area contributed by atoms with E-state index in [2.05, 4.69) is 15.9 Å². The van der Waals surface area contributed by atoms with E-state index in [0.29, 0.717) is 0 Å². The van der Waals surface area contributed by atoms with E-state index in [9.17, 15) is 18.0 Å². The molecular formula is C12H12BrF3OS. The Hall–Kier alpha value is -0.360. The molecule has 0 radical (unpaired) electrons. The number of rotatable bonds is 2. The third-order valence-corrected chi connectivity index (χ3v) is 5.32. The van der Waals surface area contributed by atoms with Gasteiger partial charge in [0.05, 0.1) is 14.9 Å². The predicted molar refractivity (Wildman–Crippen MR) is 67.9 cm³/mol. The number of hydrogen-bond donors (Lipinski definition) is 0. The maximum absolute atomic E-state index is 12.6. The Morgan fingerprint density at radius 2 is 1.89 bits per heavy atom. The van der Waals surface area contributed by atoms with Gasteiger partial charge in [-0.05, 0) is 28.8 Å². The van der Waals surface area contributed by atoms with Crippen molar-refractivity contribution in [2.45, 2.75) is 38.3 Å². The number of carbonyl (C=O) groups excluding carboxylic acids is 1. The van der Waals surface area contributed by atoms with Crippen LogP contribution in [0.4, 0.5) is 13.2 Å². The number of halogens is 4. The molecule has 18 heavy (non-hydrogen) atoms. The van der Waals surface area contributed by atoms with Gasteiger partial charge in [-0.25, -0.2) is 0 Å². The first kappa shape index (κ1) is 14.1. The maximum Gasteiger partial charge on any atom is 0.418 e. The van der Waals surface area contributed by atoms with Gasteiger partial charge in [-0.15, -0.1) is 11.3 Å². The Morgan fingerprint density at radius 1 is 1.28 bits per heavy atom. The summed E-state index contributed by atoms with van der Waals surface area (Å²) in [5, 5.41) is 1.01. The fourth-order valence-corrected chi connectivity index (χ4v) is 4.20. The van der Waals surface area contributed by atoms with Crippen LogP contribution in [0.25, 0.3) is 0 Å². The number of hydrogen-bond acceptors (Lipinski definition) is 2. The molecule has 0 atom stereocenters. The van der Waals surface area contributed by atoms with Gasteiger partial charge in [-0.1, -0.05) is 19.3 Å². The largest absolute Gasteiger partial charge is 0.418 e. The lowest BCUT2D eigenvalue weighted by atomic mass is 9.86. The van der Waals surface area contributed by atoms with Gasteiger partial charge in [-0.3, -0.25) is 4.79 Å². The highest BCUT2D eigenvalue weighted by molar-refractivity contribution is 9.10. The first-order chi connectivity index (χ1) is 8.41. The third kappa shape index (κ3) is 2.79. The lowest BCUT2D eigenvalue weighted by Gasteiger charge is -2.19. The van der Waals surface area contributed by atoms with Crippen molar-refractivity contribution in [1.82, 2.24) is 0 Å². The van der Waals surface area contributed by atoms with Crippen molar-refractivity contribution in [3.63, 3.8) is 0 Å². The second-order valence-corrected chi connectivity index (χ2v) is 6.16. The van der Waals surface area contributed by atoms with Crippen LogP contribution in [-0.2, 0) is 6.18 Å². The molecule has 0 unspecified atom stereocenters. The van der Waals surface area contributed by atoms with Crippen LogP contribution in [0.1, 0.15) is 47.3 Å². The van der Waals surface area contributed by atoms with Gasteiger partial charge in [0, 0.05) is 11.3 Å². The Kier molecular flexibility index (Phi) is 4.16. The van der Waals surface area contributed by atoms with Crippen molar-refractivity contribution in [2.24, 2.45) is 5.92 Å². The summed E-state index contributed by atoms with van der Waals surface area (Å²) in [5.41, 5.74) is -0.744. The van der Waals surface area contributed by atoms with Crippen molar-refractivity contribution in [2.75, 3.05) is 0 Å². The number of alkyl halides is 3. The molecule has 0 aliphatic heterocycles. The van der Waals surface area contributed by atoms with Gasteiger partial charge in [0.1, 0.15) is 0 Å². The number of Topliss-reactive ketones (excluding diaryl/α,β-unsaturated/α-hetero) is 1. The van der Waals surface area contributed by atoms with Crippen molar-refractivity contribution in [3.05, 3.63) is 20.3 Å². The van der Waals surface area contributed by atoms with Crippen LogP contribution >= 0.6 is 27.3 Å². The second-order valence-electron chi connectivity index (χ2n) is 4.49. The molecular weight excluding hydrogens is 329 g/mol. The average molecular weight is 341 g/mol. The minimum Gasteiger partial charge on any atom is -0.293 e. The SMILES string of the molecule is O=C(c1scc(C(F)(F)F)c1Br)C1CCCCC1. The molecule has 1 aliphatic rings. The highest BCUT2D eigenvalue weighted by Crippen LogP contribution is 2.41. The van der Waals surface area contributed by atoms with Crippen LogP contribution in [0.5, 0.6) is 0 Å². The minimum atomic E-state index is -4.40. The third-order valence-electron chi connectivity index (χ3n) is 3.24. The van der Waals surface area contributed by atoms with Gasteiger partial charge < -0.3 is 0 Å². The number of ketones is 1. The van der Waals surface area contributed by atoms with Gasteiger partial charge in [-0.2, -0.15) is 13.2 Å². The fourth-order valence-electron chi connectivity index (χ4n) is 2.25. The van der Waals surface area contributed by atoms with Crippen molar-refractivity contribution >= 4 is 33.0 Å². The molecule has 0 N–H and O–H groups in total. The van der Waals surface area contributed by atoms with Crippen LogP contribution in [0.15, 0.2) is 9.85 Å². The zero-order valence-electron chi connectivity index (χ0n) is 9.52. The fraction of sp³-hybridized carbons (Fsp3) is 0.583. The molecule has 100 valence electrons. The summed E-state index contributed by atoms with van der Waals surface area (Å²) in [4.78, 5) is 12.4. The molecule has 0 spiro atoms. The van der Waals surface area contributed by atoms with E-state index in [4.69, 9.17) is 0 Å². The van der Waals surface area contributed by atoms with Gasteiger partial charge >= 0.3 is 6.18 Å². The zero-order chi connectivity index (χ0) is 13.3. The van der Waals surface area contributed by atoms with Gasteiger partial charge in [0.15, 0.2) is 5.78 Å². The van der Waals surface area contributed by atoms with Crippen LogP contribution in [0, 0.1) is 5.92 Å². The molecule has 2 rings (SSSR count). The molecule has 0 bridgehead atoms. The number of carbonyl (C=O) groups is 1. The van der Waals surface area contributed by atoms with E-state index >= 15 is 0 Å². The monoisotopic (exact) mass is 340 g/mol. The van der Waals surface area contributed by atoms with Crippen LogP contribution in [0.3, 0.4) is 0 Å². The molecule has 1 fully saturated rings. The summed E-state index contributed by atoms with van der Waals surface area (Å²) < 4.78 is 37.8. The summed E-state index contributed by atoms with van der Waals surface area (Å²) in [6, 6.07) is 0. The van der Waals surface area contributed by atoms with Crippen LogP contribution in [-0.4, -0.2) is 5.78 Å². The Balaban J connectivity index is 2.23. The first-order valence-corrected chi connectivity index (χ1v) is 7.47. The average Bonchev–Trinajstić information content (AvgIpc) is 2.71. The highest BCUT2D eigenvalue weighted by Gasteiger charge is 2.37. The van der Waals surface area contributed by atoms with Crippen LogP contribution < -0.4 is 0 Å². The topological polar surface area (TPSA) is 17.1 Å². The molecule has 1 heterocycles. The first-order valence-electron chi connectivity index (χ1n) is 5.79.